The highest BCUT2D eigenvalue weighted by Gasteiger charge is 2.26. The number of carbonyl (C=O) groups is 3. The molecule has 0 radical (unpaired) electrons. The SMILES string of the molecule is C.C/C=C(\C=C/N)c1nc(C(=O)NC[C@H](NC(=O)c2c(C)nc(NCCCc3cccc(O)c3)nc2C)C(=O)OC)cs1. The largest absolute Gasteiger partial charge is 0.508 e. The second kappa shape index (κ2) is 16.6. The molecule has 2 aromatic heterocycles. The zero-order valence-electron chi connectivity index (χ0n) is 23.9. The molecule has 0 aliphatic rings. The van der Waals surface area contributed by atoms with E-state index in [9.17, 15) is 19.5 Å². The van der Waals surface area contributed by atoms with E-state index in [1.807, 2.05) is 19.1 Å². The smallest absolute Gasteiger partial charge is 0.330 e. The van der Waals surface area contributed by atoms with Crippen molar-refractivity contribution in [3.63, 3.8) is 0 Å². The standard InChI is InChI=1S/C29H35N7O5S.CH4/c1-5-20(11-12-30)27-36-23(16-42-27)25(38)32-15-22(28(40)41-4)35-26(39)24-17(2)33-29(34-18(24)3)31-13-7-9-19-8-6-10-21(37)14-19;/h5-6,8,10-12,14,16,22,37H,7,9,13,15,30H2,1-4H3,(H,32,38)(H,35,39)(H,31,33,34);1H4/b12-11-,20-5+;/t22-;/m0./s1. The van der Waals surface area contributed by atoms with E-state index in [4.69, 9.17) is 10.5 Å². The number of nitrogens with two attached hydrogens (primary N) is 1. The number of aromatic hydroxyl groups is 1. The molecule has 0 aliphatic carbocycles. The highest BCUT2D eigenvalue weighted by molar-refractivity contribution is 7.11. The highest BCUT2D eigenvalue weighted by Crippen LogP contribution is 2.20. The molecular formula is C30H39N7O5S. The summed E-state index contributed by atoms with van der Waals surface area (Å²) >= 11 is 1.28. The normalized spacial score (nSPS) is 11.9. The van der Waals surface area contributed by atoms with Crippen LogP contribution in [0.15, 0.2) is 48.0 Å². The van der Waals surface area contributed by atoms with Crippen molar-refractivity contribution < 1.29 is 24.2 Å². The van der Waals surface area contributed by atoms with Gasteiger partial charge in [0, 0.05) is 24.0 Å². The van der Waals surface area contributed by atoms with Crippen LogP contribution in [-0.2, 0) is 16.0 Å². The lowest BCUT2D eigenvalue weighted by atomic mass is 10.1. The minimum absolute atomic E-state index is 0. The Morgan fingerprint density at radius 1 is 1.14 bits per heavy atom. The number of nitrogens with zero attached hydrogens (tertiary/aromatic N) is 3. The van der Waals surface area contributed by atoms with Gasteiger partial charge in [-0.1, -0.05) is 25.6 Å². The van der Waals surface area contributed by atoms with Crippen molar-refractivity contribution in [1.29, 1.82) is 0 Å². The van der Waals surface area contributed by atoms with E-state index in [1.165, 1.54) is 24.6 Å². The summed E-state index contributed by atoms with van der Waals surface area (Å²) in [5.74, 6) is -1.21. The van der Waals surface area contributed by atoms with Crippen LogP contribution in [-0.4, -0.2) is 64.1 Å². The monoisotopic (exact) mass is 609 g/mol. The van der Waals surface area contributed by atoms with Crippen molar-refractivity contribution in [2.45, 2.75) is 47.1 Å². The summed E-state index contributed by atoms with van der Waals surface area (Å²) in [6.07, 6.45) is 6.43. The van der Waals surface area contributed by atoms with Gasteiger partial charge in [-0.05, 0) is 63.6 Å². The molecule has 0 saturated heterocycles. The summed E-state index contributed by atoms with van der Waals surface area (Å²) in [7, 11) is 1.19. The Morgan fingerprint density at radius 3 is 2.49 bits per heavy atom. The van der Waals surface area contributed by atoms with Crippen molar-refractivity contribution in [3.05, 3.63) is 81.2 Å². The zero-order chi connectivity index (χ0) is 30.6. The molecule has 1 atom stereocenters. The van der Waals surface area contributed by atoms with Gasteiger partial charge in [-0.25, -0.2) is 19.7 Å². The van der Waals surface area contributed by atoms with Gasteiger partial charge in [-0.3, -0.25) is 9.59 Å². The third-order valence-electron chi connectivity index (χ3n) is 6.16. The third kappa shape index (κ3) is 9.64. The van der Waals surface area contributed by atoms with Gasteiger partial charge in [-0.15, -0.1) is 11.3 Å². The van der Waals surface area contributed by atoms with E-state index in [0.717, 1.165) is 24.0 Å². The summed E-state index contributed by atoms with van der Waals surface area (Å²) in [6.45, 7) is 5.55. The molecule has 0 spiro atoms. The average molecular weight is 610 g/mol. The number of phenols is 1. The summed E-state index contributed by atoms with van der Waals surface area (Å²) in [6, 6.07) is 5.94. The number of carbonyl (C=O) groups excluding carboxylic acids is 3. The van der Waals surface area contributed by atoms with Crippen molar-refractivity contribution in [3.8, 4) is 5.75 Å². The van der Waals surface area contributed by atoms with Crippen LogP contribution >= 0.6 is 11.3 Å². The molecular weight excluding hydrogens is 570 g/mol. The van der Waals surface area contributed by atoms with Crippen molar-refractivity contribution >= 4 is 40.6 Å². The van der Waals surface area contributed by atoms with Crippen LogP contribution in [0.4, 0.5) is 5.95 Å². The average Bonchev–Trinajstić information content (AvgIpc) is 3.45. The Balaban J connectivity index is 0.00000645. The molecule has 12 nitrogen and oxygen atoms in total. The maximum absolute atomic E-state index is 13.2. The van der Waals surface area contributed by atoms with Crippen LogP contribution in [0.5, 0.6) is 5.75 Å². The van der Waals surface area contributed by atoms with E-state index in [1.54, 1.807) is 43.5 Å². The van der Waals surface area contributed by atoms with Crippen LogP contribution in [0.1, 0.15) is 63.6 Å². The lowest BCUT2D eigenvalue weighted by Crippen LogP contribution is -2.49. The number of hydrogen-bond acceptors (Lipinski definition) is 11. The number of ether oxygens (including phenoxy) is 1. The second-order valence-electron chi connectivity index (χ2n) is 9.19. The first-order chi connectivity index (χ1) is 20.2. The molecule has 0 unspecified atom stereocenters. The molecule has 3 aromatic rings. The molecule has 1 aromatic carbocycles. The maximum Gasteiger partial charge on any atom is 0.330 e. The van der Waals surface area contributed by atoms with Gasteiger partial charge in [0.2, 0.25) is 5.95 Å². The summed E-state index contributed by atoms with van der Waals surface area (Å²) in [5, 5.41) is 20.2. The number of thiazole rings is 1. The van der Waals surface area contributed by atoms with Gasteiger partial charge in [0.1, 0.15) is 22.5 Å². The molecule has 3 rings (SSSR count). The van der Waals surface area contributed by atoms with Gasteiger partial charge in [0.25, 0.3) is 11.8 Å². The molecule has 0 aliphatic heterocycles. The third-order valence-corrected chi connectivity index (χ3v) is 7.05. The van der Waals surface area contributed by atoms with Crippen LogP contribution in [0.25, 0.3) is 5.57 Å². The van der Waals surface area contributed by atoms with Gasteiger partial charge in [-0.2, -0.15) is 0 Å². The highest BCUT2D eigenvalue weighted by atomic mass is 32.1. The molecule has 2 heterocycles. The van der Waals surface area contributed by atoms with E-state index >= 15 is 0 Å². The number of rotatable bonds is 13. The van der Waals surface area contributed by atoms with E-state index in [0.29, 0.717) is 28.9 Å². The number of aryl methyl sites for hydroxylation is 3. The first-order valence-electron chi connectivity index (χ1n) is 13.2. The minimum atomic E-state index is -1.16. The summed E-state index contributed by atoms with van der Waals surface area (Å²) in [4.78, 5) is 51.5. The lowest BCUT2D eigenvalue weighted by molar-refractivity contribution is -0.142. The van der Waals surface area contributed by atoms with E-state index < -0.39 is 23.8 Å². The number of benzene rings is 1. The number of amides is 2. The Hall–Kier alpha value is -4.78. The Labute approximate surface area is 255 Å². The molecule has 2 amide bonds. The second-order valence-corrected chi connectivity index (χ2v) is 10.1. The molecule has 13 heteroatoms. The number of esters is 1. The van der Waals surface area contributed by atoms with Crippen LogP contribution < -0.4 is 21.7 Å². The number of allylic oxidation sites excluding steroid dienone is 3. The van der Waals surface area contributed by atoms with Gasteiger partial charge < -0.3 is 31.5 Å². The number of methoxy groups -OCH3 is 1. The van der Waals surface area contributed by atoms with E-state index in [-0.39, 0.29) is 31.0 Å². The van der Waals surface area contributed by atoms with E-state index in [2.05, 4.69) is 30.9 Å². The predicted octanol–water partition coefficient (Wildman–Crippen LogP) is 3.51. The number of phenolic OH excluding ortho intramolecular Hbond substituents is 1. The Kier molecular flexibility index (Phi) is 13.3. The molecule has 0 bridgehead atoms. The number of anilines is 1. The summed E-state index contributed by atoms with van der Waals surface area (Å²) in [5.41, 5.74) is 8.48. The van der Waals surface area contributed by atoms with Crippen molar-refractivity contribution in [2.75, 3.05) is 25.5 Å². The lowest BCUT2D eigenvalue weighted by Gasteiger charge is -2.18. The van der Waals surface area contributed by atoms with Gasteiger partial charge in [0.15, 0.2) is 0 Å². The number of aromatic nitrogens is 3. The van der Waals surface area contributed by atoms with Crippen LogP contribution in [0.3, 0.4) is 0 Å². The zero-order valence-corrected chi connectivity index (χ0v) is 24.7. The van der Waals surface area contributed by atoms with Crippen molar-refractivity contribution in [1.82, 2.24) is 25.6 Å². The Morgan fingerprint density at radius 2 is 1.86 bits per heavy atom. The predicted molar refractivity (Wildman–Crippen MR) is 168 cm³/mol. The Bertz CT molecular complexity index is 1460. The fraction of sp³-hybridized carbons (Fsp3) is 0.333. The van der Waals surface area contributed by atoms with Crippen LogP contribution in [0, 0.1) is 13.8 Å². The molecule has 0 saturated carbocycles. The minimum Gasteiger partial charge on any atom is -0.508 e. The van der Waals surface area contributed by atoms with Gasteiger partial charge >= 0.3 is 5.97 Å². The molecule has 230 valence electrons. The number of hydrogen-bond donors (Lipinski definition) is 5. The quantitative estimate of drug-likeness (QED) is 0.109. The fourth-order valence-electron chi connectivity index (χ4n) is 4.09. The molecule has 0 fully saturated rings. The van der Waals surface area contributed by atoms with Gasteiger partial charge in [0.05, 0.1) is 24.1 Å². The first-order valence-corrected chi connectivity index (χ1v) is 14.1. The maximum atomic E-state index is 13.2. The first kappa shape index (κ1) is 34.4. The topological polar surface area (TPSA) is 181 Å². The fourth-order valence-corrected chi connectivity index (χ4v) is 4.94. The van der Waals surface area contributed by atoms with Crippen LogP contribution in [0.2, 0.25) is 0 Å². The van der Waals surface area contributed by atoms with Crippen molar-refractivity contribution in [2.24, 2.45) is 5.73 Å². The number of nitrogens with one attached hydrogen (secondary N) is 3. The summed E-state index contributed by atoms with van der Waals surface area (Å²) < 4.78 is 4.84. The molecule has 6 N–H and O–H groups in total. The molecule has 43 heavy (non-hydrogen) atoms.